The zero-order valence-corrected chi connectivity index (χ0v) is 5.67. The van der Waals surface area contributed by atoms with Gasteiger partial charge in [0.15, 0.2) is 0 Å². The van der Waals surface area contributed by atoms with Crippen LogP contribution in [0, 0.1) is 0 Å². The van der Waals surface area contributed by atoms with Crippen LogP contribution in [0.5, 0.6) is 0 Å². The van der Waals surface area contributed by atoms with Crippen LogP contribution in [0.25, 0.3) is 0 Å². The molecule has 0 aromatic rings. The van der Waals surface area contributed by atoms with Crippen molar-refractivity contribution in [2.24, 2.45) is 0 Å². The molecule has 0 heterocycles. The molecule has 2 heteroatoms. The lowest BCUT2D eigenvalue weighted by Crippen LogP contribution is -2.26. The fourth-order valence-electron chi connectivity index (χ4n) is 0.843. The van der Waals surface area contributed by atoms with Gasteiger partial charge >= 0.3 is 0 Å². The lowest BCUT2D eigenvalue weighted by atomic mass is 9.96. The van der Waals surface area contributed by atoms with Crippen molar-refractivity contribution in [1.82, 2.24) is 0 Å². The highest BCUT2D eigenvalue weighted by atomic mass is 16.5. The molecule has 1 rings (SSSR count). The Morgan fingerprint density at radius 3 is 2.67 bits per heavy atom. The number of ether oxygens (including phenoxy) is 1. The number of hydrogen-bond acceptors (Lipinski definition) is 2. The van der Waals surface area contributed by atoms with E-state index in [4.69, 9.17) is 4.74 Å². The molecule has 0 aliphatic heterocycles. The molecule has 1 atom stereocenters. The van der Waals surface area contributed by atoms with Gasteiger partial charge in [-0.3, -0.25) is 0 Å². The minimum atomic E-state index is -0.199. The molecule has 0 aromatic heterocycles. The van der Waals surface area contributed by atoms with Gasteiger partial charge in [0.25, 0.3) is 0 Å². The molecule has 1 aliphatic carbocycles. The molecule has 1 unspecified atom stereocenters. The summed E-state index contributed by atoms with van der Waals surface area (Å²) >= 11 is 0. The number of carbonyl (C=O) groups is 1. The van der Waals surface area contributed by atoms with E-state index in [-0.39, 0.29) is 6.10 Å². The Balaban J connectivity index is 2.08. The monoisotopic (exact) mass is 128 g/mol. The Labute approximate surface area is 55.2 Å². The average molecular weight is 128 g/mol. The Morgan fingerprint density at radius 1 is 1.67 bits per heavy atom. The molecule has 52 valence electrons. The van der Waals surface area contributed by atoms with Crippen LogP contribution in [-0.2, 0) is 9.53 Å². The van der Waals surface area contributed by atoms with Gasteiger partial charge in [-0.1, -0.05) is 0 Å². The maximum atomic E-state index is 10.1. The van der Waals surface area contributed by atoms with Crippen molar-refractivity contribution in [2.45, 2.75) is 38.4 Å². The van der Waals surface area contributed by atoms with Crippen LogP contribution in [0.3, 0.4) is 0 Å². The minimum absolute atomic E-state index is 0.199. The van der Waals surface area contributed by atoms with E-state index in [0.717, 1.165) is 19.1 Å². The van der Waals surface area contributed by atoms with Crippen LogP contribution in [0.1, 0.15) is 26.2 Å². The molecule has 1 aliphatic rings. The standard InChI is InChI=1S/C7H12O2/c1-6(5-8)9-7-3-2-4-7/h5-7H,2-4H2,1H3. The quantitative estimate of drug-likeness (QED) is 0.533. The maximum Gasteiger partial charge on any atom is 0.148 e. The van der Waals surface area contributed by atoms with Crippen molar-refractivity contribution in [3.8, 4) is 0 Å². The van der Waals surface area contributed by atoms with Crippen molar-refractivity contribution in [1.29, 1.82) is 0 Å². The van der Waals surface area contributed by atoms with E-state index in [1.807, 2.05) is 0 Å². The normalized spacial score (nSPS) is 22.8. The highest BCUT2D eigenvalue weighted by Crippen LogP contribution is 2.22. The second-order valence-corrected chi connectivity index (χ2v) is 2.53. The predicted octanol–water partition coefficient (Wildman–Crippen LogP) is 1.14. The first-order valence-electron chi connectivity index (χ1n) is 3.43. The fraction of sp³-hybridized carbons (Fsp3) is 0.857. The van der Waals surface area contributed by atoms with Gasteiger partial charge in [0.1, 0.15) is 12.4 Å². The number of rotatable bonds is 3. The topological polar surface area (TPSA) is 26.3 Å². The van der Waals surface area contributed by atoms with E-state index in [9.17, 15) is 4.79 Å². The van der Waals surface area contributed by atoms with Crippen molar-refractivity contribution < 1.29 is 9.53 Å². The van der Waals surface area contributed by atoms with Crippen molar-refractivity contribution >= 4 is 6.29 Å². The molecule has 2 nitrogen and oxygen atoms in total. The Bertz CT molecular complexity index is 97.1. The molecule has 0 spiro atoms. The summed E-state index contributed by atoms with van der Waals surface area (Å²) in [4.78, 5) is 10.1. The summed E-state index contributed by atoms with van der Waals surface area (Å²) in [6.07, 6.45) is 4.56. The van der Waals surface area contributed by atoms with Crippen LogP contribution in [0.4, 0.5) is 0 Å². The molecular formula is C7H12O2. The average Bonchev–Trinajstić information content (AvgIpc) is 1.78. The molecular weight excluding hydrogens is 116 g/mol. The minimum Gasteiger partial charge on any atom is -0.368 e. The molecule has 0 N–H and O–H groups in total. The highest BCUT2D eigenvalue weighted by Gasteiger charge is 2.19. The maximum absolute atomic E-state index is 10.1. The van der Waals surface area contributed by atoms with Gasteiger partial charge < -0.3 is 9.53 Å². The molecule has 0 bridgehead atoms. The van der Waals surface area contributed by atoms with E-state index >= 15 is 0 Å². The summed E-state index contributed by atoms with van der Waals surface area (Å²) in [5.41, 5.74) is 0. The lowest BCUT2D eigenvalue weighted by molar-refractivity contribution is -0.123. The van der Waals surface area contributed by atoms with Crippen LogP contribution in [-0.4, -0.2) is 18.5 Å². The third kappa shape index (κ3) is 1.79. The summed E-state index contributed by atoms with van der Waals surface area (Å²) in [6, 6.07) is 0. The smallest absolute Gasteiger partial charge is 0.148 e. The van der Waals surface area contributed by atoms with E-state index in [1.54, 1.807) is 6.92 Å². The van der Waals surface area contributed by atoms with E-state index in [2.05, 4.69) is 0 Å². The largest absolute Gasteiger partial charge is 0.368 e. The summed E-state index contributed by atoms with van der Waals surface area (Å²) < 4.78 is 5.27. The molecule has 0 amide bonds. The van der Waals surface area contributed by atoms with Crippen LogP contribution in [0.15, 0.2) is 0 Å². The summed E-state index contributed by atoms with van der Waals surface area (Å²) in [5.74, 6) is 0. The SMILES string of the molecule is CC(C=O)OC1CCC1. The summed E-state index contributed by atoms with van der Waals surface area (Å²) in [7, 11) is 0. The second-order valence-electron chi connectivity index (χ2n) is 2.53. The van der Waals surface area contributed by atoms with Crippen LogP contribution in [0.2, 0.25) is 0 Å². The molecule has 1 saturated carbocycles. The van der Waals surface area contributed by atoms with E-state index < -0.39 is 0 Å². The van der Waals surface area contributed by atoms with Gasteiger partial charge in [-0.2, -0.15) is 0 Å². The van der Waals surface area contributed by atoms with Crippen LogP contribution >= 0.6 is 0 Å². The zero-order chi connectivity index (χ0) is 6.69. The molecule has 9 heavy (non-hydrogen) atoms. The third-order valence-corrected chi connectivity index (χ3v) is 1.65. The first-order chi connectivity index (χ1) is 4.33. The van der Waals surface area contributed by atoms with E-state index in [0.29, 0.717) is 6.10 Å². The molecule has 0 saturated heterocycles. The van der Waals surface area contributed by atoms with Gasteiger partial charge in [0.05, 0.1) is 6.10 Å². The van der Waals surface area contributed by atoms with E-state index in [1.165, 1.54) is 6.42 Å². The van der Waals surface area contributed by atoms with Crippen molar-refractivity contribution in [3.05, 3.63) is 0 Å². The molecule has 1 fully saturated rings. The molecule has 0 aromatic carbocycles. The molecule has 0 radical (unpaired) electrons. The predicted molar refractivity (Wildman–Crippen MR) is 34.2 cm³/mol. The number of hydrogen-bond donors (Lipinski definition) is 0. The lowest BCUT2D eigenvalue weighted by Gasteiger charge is -2.26. The van der Waals surface area contributed by atoms with Gasteiger partial charge in [0, 0.05) is 0 Å². The summed E-state index contributed by atoms with van der Waals surface area (Å²) in [5, 5.41) is 0. The Hall–Kier alpha value is -0.370. The Morgan fingerprint density at radius 2 is 2.33 bits per heavy atom. The number of carbonyl (C=O) groups excluding carboxylic acids is 1. The number of aldehydes is 1. The van der Waals surface area contributed by atoms with Gasteiger partial charge in [-0.25, -0.2) is 0 Å². The Kier molecular flexibility index (Phi) is 2.22. The van der Waals surface area contributed by atoms with Crippen LogP contribution < -0.4 is 0 Å². The zero-order valence-electron chi connectivity index (χ0n) is 5.67. The fourth-order valence-corrected chi connectivity index (χ4v) is 0.843. The van der Waals surface area contributed by atoms with Gasteiger partial charge in [-0.05, 0) is 26.2 Å². The second kappa shape index (κ2) is 2.97. The van der Waals surface area contributed by atoms with Gasteiger partial charge in [-0.15, -0.1) is 0 Å². The first-order valence-corrected chi connectivity index (χ1v) is 3.43. The summed E-state index contributed by atoms with van der Waals surface area (Å²) in [6.45, 7) is 1.78. The van der Waals surface area contributed by atoms with Crippen molar-refractivity contribution in [3.63, 3.8) is 0 Å². The van der Waals surface area contributed by atoms with Crippen molar-refractivity contribution in [2.75, 3.05) is 0 Å². The van der Waals surface area contributed by atoms with Gasteiger partial charge in [0.2, 0.25) is 0 Å². The third-order valence-electron chi connectivity index (χ3n) is 1.65. The highest BCUT2D eigenvalue weighted by molar-refractivity contribution is 5.55. The first kappa shape index (κ1) is 6.75.